The van der Waals surface area contributed by atoms with Gasteiger partial charge in [-0.3, -0.25) is 0 Å². The van der Waals surface area contributed by atoms with Crippen LogP contribution in [0, 0.1) is 6.92 Å². The van der Waals surface area contributed by atoms with Crippen molar-refractivity contribution in [3.63, 3.8) is 0 Å². The van der Waals surface area contributed by atoms with Crippen LogP contribution in [0.15, 0.2) is 16.6 Å². The molecule has 0 aromatic carbocycles. The van der Waals surface area contributed by atoms with Crippen LogP contribution in [0.5, 0.6) is 0 Å². The number of rotatable bonds is 6. The molecule has 0 bridgehead atoms. The third kappa shape index (κ3) is 4.74. The van der Waals surface area contributed by atoms with E-state index in [-0.39, 0.29) is 0 Å². The van der Waals surface area contributed by atoms with Gasteiger partial charge in [-0.15, -0.1) is 0 Å². The molecule has 1 heterocycles. The van der Waals surface area contributed by atoms with Gasteiger partial charge in [0, 0.05) is 10.5 Å². The zero-order valence-electron chi connectivity index (χ0n) is 10.1. The average Bonchev–Trinajstić information content (AvgIpc) is 2.24. The Balaban J connectivity index is 2.43. The lowest BCUT2D eigenvalue weighted by atomic mass is 10.2. The summed E-state index contributed by atoms with van der Waals surface area (Å²) in [5, 5.41) is 3.42. The lowest BCUT2D eigenvalue weighted by Crippen LogP contribution is -2.17. The van der Waals surface area contributed by atoms with Gasteiger partial charge in [-0.2, -0.15) is 11.8 Å². The van der Waals surface area contributed by atoms with Crippen molar-refractivity contribution >= 4 is 33.5 Å². The summed E-state index contributed by atoms with van der Waals surface area (Å²) >= 11 is 5.44. The third-order valence-corrected chi connectivity index (χ3v) is 4.09. The molecule has 0 aliphatic heterocycles. The summed E-state index contributed by atoms with van der Waals surface area (Å²) in [5.41, 5.74) is 1.03. The van der Waals surface area contributed by atoms with Crippen LogP contribution < -0.4 is 5.32 Å². The van der Waals surface area contributed by atoms with Crippen LogP contribution >= 0.6 is 27.7 Å². The number of hydrogen-bond acceptors (Lipinski definition) is 3. The first-order valence-electron chi connectivity index (χ1n) is 5.61. The maximum Gasteiger partial charge on any atom is 0.126 e. The molecule has 4 heteroatoms. The Morgan fingerprint density at radius 2 is 2.25 bits per heavy atom. The summed E-state index contributed by atoms with van der Waals surface area (Å²) in [5.74, 6) is 3.37. The lowest BCUT2D eigenvalue weighted by Gasteiger charge is -2.14. The number of thioether (sulfide) groups is 1. The van der Waals surface area contributed by atoms with Crippen LogP contribution in [-0.2, 0) is 0 Å². The van der Waals surface area contributed by atoms with Crippen molar-refractivity contribution in [2.75, 3.05) is 16.8 Å². The van der Waals surface area contributed by atoms with E-state index in [1.165, 1.54) is 17.9 Å². The summed E-state index contributed by atoms with van der Waals surface area (Å²) in [4.78, 5) is 4.48. The van der Waals surface area contributed by atoms with E-state index in [1.807, 2.05) is 30.8 Å². The van der Waals surface area contributed by atoms with Crippen molar-refractivity contribution in [1.82, 2.24) is 4.98 Å². The largest absolute Gasteiger partial charge is 0.368 e. The molecule has 0 amide bonds. The molecule has 0 aliphatic carbocycles. The highest BCUT2D eigenvalue weighted by atomic mass is 79.9. The van der Waals surface area contributed by atoms with Gasteiger partial charge in [0.25, 0.3) is 0 Å². The maximum atomic E-state index is 4.48. The highest BCUT2D eigenvalue weighted by molar-refractivity contribution is 9.10. The predicted octanol–water partition coefficient (Wildman–Crippen LogP) is 4.10. The molecule has 0 fully saturated rings. The number of nitrogens with one attached hydrogen (secondary N) is 1. The molecule has 0 radical (unpaired) electrons. The fourth-order valence-corrected chi connectivity index (χ4v) is 2.38. The number of halogens is 1. The van der Waals surface area contributed by atoms with Gasteiger partial charge in [0.15, 0.2) is 0 Å². The summed E-state index contributed by atoms with van der Waals surface area (Å²) < 4.78 is 1.06. The molecule has 0 saturated heterocycles. The zero-order chi connectivity index (χ0) is 12.0. The van der Waals surface area contributed by atoms with Gasteiger partial charge in [0.2, 0.25) is 0 Å². The zero-order valence-corrected chi connectivity index (χ0v) is 12.5. The number of nitrogens with zero attached hydrogens (tertiary/aromatic N) is 1. The number of anilines is 1. The van der Waals surface area contributed by atoms with Crippen molar-refractivity contribution < 1.29 is 0 Å². The average molecular weight is 303 g/mol. The smallest absolute Gasteiger partial charge is 0.126 e. The second-order valence-electron chi connectivity index (χ2n) is 3.79. The number of aryl methyl sites for hydroxylation is 1. The van der Waals surface area contributed by atoms with E-state index < -0.39 is 0 Å². The van der Waals surface area contributed by atoms with Crippen LogP contribution in [0.3, 0.4) is 0 Å². The first kappa shape index (κ1) is 13.8. The Morgan fingerprint density at radius 3 is 2.88 bits per heavy atom. The highest BCUT2D eigenvalue weighted by Gasteiger charge is 2.04. The molecule has 1 N–H and O–H groups in total. The minimum atomic E-state index is 0.479. The van der Waals surface area contributed by atoms with Crippen LogP contribution in [0.2, 0.25) is 0 Å². The van der Waals surface area contributed by atoms with E-state index in [1.54, 1.807) is 0 Å². The van der Waals surface area contributed by atoms with Gasteiger partial charge in [0.05, 0.1) is 5.69 Å². The second-order valence-corrected chi connectivity index (χ2v) is 6.04. The lowest BCUT2D eigenvalue weighted by molar-refractivity contribution is 0.765. The standard InChI is InChI=1S/C12H19BrN2S/c1-4-16-8-7-9(2)14-12-6-5-11(13)10(3)15-12/h5-6,9H,4,7-8H2,1-3H3,(H,14,15). The quantitative estimate of drug-likeness (QED) is 0.801. The first-order valence-corrected chi connectivity index (χ1v) is 7.55. The summed E-state index contributed by atoms with van der Waals surface area (Å²) in [7, 11) is 0. The Labute approximate surface area is 111 Å². The molecule has 0 spiro atoms. The van der Waals surface area contributed by atoms with E-state index in [9.17, 15) is 0 Å². The molecule has 2 nitrogen and oxygen atoms in total. The van der Waals surface area contributed by atoms with Crippen LogP contribution in [0.1, 0.15) is 26.0 Å². The molecule has 1 unspecified atom stereocenters. The molecule has 90 valence electrons. The van der Waals surface area contributed by atoms with Crippen LogP contribution in [0.25, 0.3) is 0 Å². The van der Waals surface area contributed by atoms with E-state index in [2.05, 4.69) is 40.1 Å². The van der Waals surface area contributed by atoms with Crippen LogP contribution in [-0.4, -0.2) is 22.5 Å². The molecule has 0 saturated carbocycles. The van der Waals surface area contributed by atoms with Gasteiger partial charge < -0.3 is 5.32 Å². The molecular weight excluding hydrogens is 284 g/mol. The highest BCUT2D eigenvalue weighted by Crippen LogP contribution is 2.17. The predicted molar refractivity (Wildman–Crippen MR) is 77.4 cm³/mol. The Hall–Kier alpha value is -0.220. The fourth-order valence-electron chi connectivity index (χ4n) is 1.35. The van der Waals surface area contributed by atoms with Gasteiger partial charge in [-0.1, -0.05) is 6.92 Å². The third-order valence-electron chi connectivity index (χ3n) is 2.31. The molecule has 0 aliphatic rings. The Kier molecular flexibility index (Phi) is 6.21. The summed E-state index contributed by atoms with van der Waals surface area (Å²) in [6, 6.07) is 4.53. The number of hydrogen-bond donors (Lipinski definition) is 1. The van der Waals surface area contributed by atoms with E-state index in [0.29, 0.717) is 6.04 Å². The van der Waals surface area contributed by atoms with Crippen molar-refractivity contribution in [2.24, 2.45) is 0 Å². The monoisotopic (exact) mass is 302 g/mol. The van der Waals surface area contributed by atoms with Crippen molar-refractivity contribution in [3.05, 3.63) is 22.3 Å². The number of pyridine rings is 1. The first-order chi connectivity index (χ1) is 7.63. The van der Waals surface area contributed by atoms with E-state index >= 15 is 0 Å². The van der Waals surface area contributed by atoms with Crippen molar-refractivity contribution in [1.29, 1.82) is 0 Å². The van der Waals surface area contributed by atoms with Crippen molar-refractivity contribution in [2.45, 2.75) is 33.2 Å². The second kappa shape index (κ2) is 7.17. The SMILES string of the molecule is CCSCCC(C)Nc1ccc(Br)c(C)n1. The van der Waals surface area contributed by atoms with Crippen molar-refractivity contribution in [3.8, 4) is 0 Å². The summed E-state index contributed by atoms with van der Waals surface area (Å²) in [6.45, 7) is 6.41. The Bertz CT molecular complexity index is 331. The molecule has 1 aromatic rings. The van der Waals surface area contributed by atoms with E-state index in [0.717, 1.165) is 16.0 Å². The van der Waals surface area contributed by atoms with Crippen LogP contribution in [0.4, 0.5) is 5.82 Å². The summed E-state index contributed by atoms with van der Waals surface area (Å²) in [6.07, 6.45) is 1.18. The van der Waals surface area contributed by atoms with Gasteiger partial charge in [-0.25, -0.2) is 4.98 Å². The van der Waals surface area contributed by atoms with E-state index in [4.69, 9.17) is 0 Å². The number of aromatic nitrogens is 1. The maximum absolute atomic E-state index is 4.48. The minimum absolute atomic E-state index is 0.479. The van der Waals surface area contributed by atoms with Gasteiger partial charge in [0.1, 0.15) is 5.82 Å². The normalized spacial score (nSPS) is 12.5. The molecule has 1 rings (SSSR count). The minimum Gasteiger partial charge on any atom is -0.368 e. The van der Waals surface area contributed by atoms with Gasteiger partial charge in [-0.05, 0) is 59.8 Å². The molecular formula is C12H19BrN2S. The fraction of sp³-hybridized carbons (Fsp3) is 0.583. The molecule has 1 atom stereocenters. The van der Waals surface area contributed by atoms with Gasteiger partial charge >= 0.3 is 0 Å². The molecule has 1 aromatic heterocycles. The topological polar surface area (TPSA) is 24.9 Å². The molecule has 16 heavy (non-hydrogen) atoms. The Morgan fingerprint density at radius 1 is 1.50 bits per heavy atom.